The van der Waals surface area contributed by atoms with E-state index in [1.807, 2.05) is 24.3 Å². The van der Waals surface area contributed by atoms with Crippen LogP contribution < -0.4 is 9.47 Å². The van der Waals surface area contributed by atoms with E-state index in [2.05, 4.69) is 92.5 Å². The molecule has 0 aromatic heterocycles. The predicted molar refractivity (Wildman–Crippen MR) is 194 cm³/mol. The molecule has 5 aromatic carbocycles. The Kier molecular flexibility index (Phi) is 11.5. The molecule has 0 saturated carbocycles. The van der Waals surface area contributed by atoms with Gasteiger partial charge in [0, 0.05) is 23.6 Å². The van der Waals surface area contributed by atoms with E-state index in [1.165, 1.54) is 22.3 Å². The third kappa shape index (κ3) is 8.10. The number of carbonyl (C=O) groups excluding carboxylic acids is 2. The first-order valence-corrected chi connectivity index (χ1v) is 16.1. The number of carbonyl (C=O) groups is 3. The van der Waals surface area contributed by atoms with Crippen molar-refractivity contribution in [3.63, 3.8) is 0 Å². The highest BCUT2D eigenvalue weighted by Crippen LogP contribution is 2.50. The summed E-state index contributed by atoms with van der Waals surface area (Å²) in [4.78, 5) is 31.8. The van der Waals surface area contributed by atoms with E-state index >= 15 is 0 Å². The quantitative estimate of drug-likeness (QED) is 0.0770. The molecule has 8 heteroatoms. The fourth-order valence-corrected chi connectivity index (χ4v) is 6.26. The van der Waals surface area contributed by atoms with Crippen LogP contribution in [0.15, 0.2) is 135 Å². The number of fused-ring (bicyclic) bond motifs is 3. The largest absolute Gasteiger partial charge is 0.490 e. The Hall–Kier alpha value is -6.15. The number of carboxylic acid groups (broad SMARTS) is 1. The molecule has 0 amide bonds. The van der Waals surface area contributed by atoms with Gasteiger partial charge in [0.15, 0.2) is 0 Å². The minimum atomic E-state index is -0.981. The Morgan fingerprint density at radius 3 is 1.56 bits per heavy atom. The number of aliphatic carboxylic acids is 1. The average molecular weight is 671 g/mol. The second kappa shape index (κ2) is 16.3. The molecule has 0 spiro atoms. The van der Waals surface area contributed by atoms with E-state index in [1.54, 1.807) is 0 Å². The third-order valence-corrected chi connectivity index (χ3v) is 8.56. The number of hydrogen-bond acceptors (Lipinski definition) is 7. The first kappa shape index (κ1) is 35.2. The molecule has 0 saturated heterocycles. The van der Waals surface area contributed by atoms with Crippen molar-refractivity contribution in [2.45, 2.75) is 18.3 Å². The second-order valence-electron chi connectivity index (χ2n) is 11.5. The number of ether oxygens (including phenoxy) is 4. The summed E-state index contributed by atoms with van der Waals surface area (Å²) >= 11 is 0. The van der Waals surface area contributed by atoms with Gasteiger partial charge in [-0.3, -0.25) is 0 Å². The first-order chi connectivity index (χ1) is 24.3. The molecule has 0 atom stereocenters. The molecule has 0 radical (unpaired) electrons. The molecule has 1 aliphatic carbocycles. The smallest absolute Gasteiger partial charge is 0.330 e. The van der Waals surface area contributed by atoms with Crippen LogP contribution in [0.3, 0.4) is 0 Å². The van der Waals surface area contributed by atoms with Crippen molar-refractivity contribution in [3.05, 3.63) is 157 Å². The van der Waals surface area contributed by atoms with Gasteiger partial charge in [0.05, 0.1) is 0 Å². The molecule has 0 heterocycles. The summed E-state index contributed by atoms with van der Waals surface area (Å²) in [6, 6.07) is 34.3. The van der Waals surface area contributed by atoms with E-state index in [9.17, 15) is 14.4 Å². The first-order valence-electron chi connectivity index (χ1n) is 16.1. The molecule has 1 N–H and O–H groups in total. The van der Waals surface area contributed by atoms with Crippen molar-refractivity contribution in [2.75, 3.05) is 26.4 Å². The SMILES string of the molecule is C=CC(=O)O.C=CC(=O)OCCOc1ccc2cc(C3(c4ccc5cc(OCCOC(=O)C=C)ccc5c4)CCc4ccccc43)ccc2c1. The summed E-state index contributed by atoms with van der Waals surface area (Å²) in [6.07, 6.45) is 5.09. The van der Waals surface area contributed by atoms with Crippen LogP contribution in [0.5, 0.6) is 11.5 Å². The molecule has 1 aliphatic rings. The zero-order chi connectivity index (χ0) is 35.5. The number of aryl methyl sites for hydroxylation is 1. The molecule has 0 bridgehead atoms. The number of esters is 2. The van der Waals surface area contributed by atoms with Crippen LogP contribution in [0, 0.1) is 0 Å². The van der Waals surface area contributed by atoms with Gasteiger partial charge in [0.1, 0.15) is 37.9 Å². The van der Waals surface area contributed by atoms with Crippen molar-refractivity contribution in [1.82, 2.24) is 0 Å². The van der Waals surface area contributed by atoms with Crippen LogP contribution in [-0.2, 0) is 35.7 Å². The van der Waals surface area contributed by atoms with Gasteiger partial charge in [0.2, 0.25) is 0 Å². The van der Waals surface area contributed by atoms with Gasteiger partial charge in [-0.2, -0.15) is 0 Å². The van der Waals surface area contributed by atoms with Gasteiger partial charge >= 0.3 is 17.9 Å². The number of carboxylic acids is 1. The molecule has 5 aromatic rings. The number of hydrogen-bond donors (Lipinski definition) is 1. The second-order valence-corrected chi connectivity index (χ2v) is 11.5. The molecule has 0 fully saturated rings. The van der Waals surface area contributed by atoms with Gasteiger partial charge in [-0.15, -0.1) is 0 Å². The predicted octanol–water partition coefficient (Wildman–Crippen LogP) is 7.75. The van der Waals surface area contributed by atoms with Crippen LogP contribution in [0.25, 0.3) is 21.5 Å². The lowest BCUT2D eigenvalue weighted by Gasteiger charge is -2.33. The van der Waals surface area contributed by atoms with E-state index in [0.717, 1.165) is 64.1 Å². The third-order valence-electron chi connectivity index (χ3n) is 8.56. The molecular formula is C42H38O8. The summed E-state index contributed by atoms with van der Waals surface area (Å²) in [7, 11) is 0. The van der Waals surface area contributed by atoms with Gasteiger partial charge in [-0.05, 0) is 93.0 Å². The Balaban J connectivity index is 0.000000908. The van der Waals surface area contributed by atoms with E-state index in [0.29, 0.717) is 0 Å². The average Bonchev–Trinajstić information content (AvgIpc) is 3.55. The normalized spacial score (nSPS) is 12.5. The van der Waals surface area contributed by atoms with Crippen LogP contribution in [0.4, 0.5) is 0 Å². The van der Waals surface area contributed by atoms with Crippen molar-refractivity contribution in [2.24, 2.45) is 0 Å². The number of rotatable bonds is 13. The van der Waals surface area contributed by atoms with Crippen molar-refractivity contribution in [1.29, 1.82) is 0 Å². The highest BCUT2D eigenvalue weighted by atomic mass is 16.6. The van der Waals surface area contributed by atoms with Gasteiger partial charge in [-0.25, -0.2) is 14.4 Å². The van der Waals surface area contributed by atoms with Crippen LogP contribution in [-0.4, -0.2) is 49.4 Å². The highest BCUT2D eigenvalue weighted by molar-refractivity contribution is 5.87. The Labute approximate surface area is 290 Å². The van der Waals surface area contributed by atoms with Crippen LogP contribution in [0.2, 0.25) is 0 Å². The van der Waals surface area contributed by atoms with Gasteiger partial charge in [0.25, 0.3) is 0 Å². The van der Waals surface area contributed by atoms with Crippen molar-refractivity contribution in [3.8, 4) is 11.5 Å². The maximum Gasteiger partial charge on any atom is 0.330 e. The Morgan fingerprint density at radius 1 is 0.620 bits per heavy atom. The van der Waals surface area contributed by atoms with E-state index in [-0.39, 0.29) is 31.8 Å². The zero-order valence-electron chi connectivity index (χ0n) is 27.6. The molecule has 0 unspecified atom stereocenters. The van der Waals surface area contributed by atoms with Gasteiger partial charge < -0.3 is 24.1 Å². The van der Waals surface area contributed by atoms with Gasteiger partial charge in [-0.1, -0.05) is 80.4 Å². The zero-order valence-corrected chi connectivity index (χ0v) is 27.6. The van der Waals surface area contributed by atoms with E-state index < -0.39 is 17.9 Å². The fraction of sp³-hybridized carbons (Fsp3) is 0.167. The lowest BCUT2D eigenvalue weighted by Crippen LogP contribution is -2.26. The molecule has 0 aliphatic heterocycles. The molecule has 6 rings (SSSR count). The monoisotopic (exact) mass is 670 g/mol. The summed E-state index contributed by atoms with van der Waals surface area (Å²) in [5.74, 6) is -0.455. The summed E-state index contributed by atoms with van der Waals surface area (Å²) in [5.41, 5.74) is 4.91. The Morgan fingerprint density at radius 2 is 1.08 bits per heavy atom. The minimum Gasteiger partial charge on any atom is -0.490 e. The lowest BCUT2D eigenvalue weighted by molar-refractivity contribution is -0.139. The minimum absolute atomic E-state index is 0.164. The topological polar surface area (TPSA) is 108 Å². The fourth-order valence-electron chi connectivity index (χ4n) is 6.26. The maximum absolute atomic E-state index is 11.3. The highest BCUT2D eigenvalue weighted by Gasteiger charge is 2.41. The lowest BCUT2D eigenvalue weighted by atomic mass is 9.69. The molecule has 50 heavy (non-hydrogen) atoms. The Bertz CT molecular complexity index is 1950. The molecule has 8 nitrogen and oxygen atoms in total. The summed E-state index contributed by atoms with van der Waals surface area (Å²) in [5, 5.41) is 12.0. The van der Waals surface area contributed by atoms with E-state index in [4.69, 9.17) is 24.1 Å². The maximum atomic E-state index is 11.3. The molecular weight excluding hydrogens is 632 g/mol. The standard InChI is InChI=1S/C39H34O6.C3H4O2/c1-3-37(40)44-21-19-42-34-15-11-28-23-32(13-9-30(28)25-34)39(18-17-27-7-5-6-8-36(27)39)33-14-10-31-26-35(16-12-29(31)24-33)43-20-22-45-38(41)4-2;1-2-3(4)5/h3-16,23-26H,1-2,17-22H2;2H,1H2,(H,4,5). The van der Waals surface area contributed by atoms with Crippen molar-refractivity contribution < 1.29 is 38.4 Å². The summed E-state index contributed by atoms with van der Waals surface area (Å²) in [6.45, 7) is 10.6. The summed E-state index contributed by atoms with van der Waals surface area (Å²) < 4.78 is 21.7. The molecule has 254 valence electrons. The number of benzene rings is 5. The van der Waals surface area contributed by atoms with Crippen LogP contribution in [0.1, 0.15) is 28.7 Å². The van der Waals surface area contributed by atoms with Crippen LogP contribution >= 0.6 is 0 Å². The van der Waals surface area contributed by atoms with Crippen molar-refractivity contribution >= 4 is 39.5 Å².